The molecule has 8 aromatic rings. The third kappa shape index (κ3) is 8.66. The van der Waals surface area contributed by atoms with E-state index in [4.69, 9.17) is 7.73 Å². The van der Waals surface area contributed by atoms with E-state index in [1.807, 2.05) is 74.7 Å². The maximum Gasteiger partial charge on any atom is 0 e. The van der Waals surface area contributed by atoms with Crippen LogP contribution >= 0.6 is 11.3 Å². The molecule has 0 fully saturated rings. The van der Waals surface area contributed by atoms with Gasteiger partial charge in [-0.05, 0) is 51.4 Å². The molecule has 5 aromatic carbocycles. The number of aromatic nitrogens is 3. The number of nitrogens with zero attached hydrogens (tertiary/aromatic N) is 3. The van der Waals surface area contributed by atoms with E-state index in [0.29, 0.717) is 0 Å². The Bertz CT molecular complexity index is 2630. The number of rotatable bonds is 5. The molecule has 8 rings (SSSR count). The molecule has 0 saturated carbocycles. The topological polar surface area (TPSA) is 30.7 Å². The Labute approximate surface area is 344 Å². The van der Waals surface area contributed by atoms with Gasteiger partial charge in [0.1, 0.15) is 0 Å². The number of hydrogen-bond donors (Lipinski definition) is 0. The van der Waals surface area contributed by atoms with Gasteiger partial charge in [-0.1, -0.05) is 68.6 Å². The van der Waals surface area contributed by atoms with Crippen molar-refractivity contribution in [3.63, 3.8) is 0 Å². The Morgan fingerprint density at radius 2 is 1.46 bits per heavy atom. The Kier molecular flexibility index (Phi) is 10.8. The van der Waals surface area contributed by atoms with Crippen molar-refractivity contribution in [2.75, 3.05) is 0 Å². The number of para-hydroxylation sites is 2. The van der Waals surface area contributed by atoms with E-state index < -0.39 is 25.1 Å². The van der Waals surface area contributed by atoms with Crippen LogP contribution in [0.25, 0.3) is 59.5 Å². The normalized spacial score (nSPS) is 12.9. The molecule has 0 aliphatic heterocycles. The third-order valence-electron chi connectivity index (χ3n) is 9.31. The monoisotopic (exact) mass is 968 g/mol. The molecule has 1 radical (unpaired) electrons. The molecule has 0 N–H and O–H groups in total. The summed E-state index contributed by atoms with van der Waals surface area (Å²) in [7, 11) is 0. The number of imidazole rings is 1. The summed E-state index contributed by atoms with van der Waals surface area (Å²) in [4.78, 5) is 9.65. The van der Waals surface area contributed by atoms with Crippen molar-refractivity contribution in [1.29, 1.82) is 0 Å². The molecule has 277 valence electrons. The van der Waals surface area contributed by atoms with Crippen LogP contribution in [-0.2, 0) is 31.9 Å². The number of hydrogen-bond acceptors (Lipinski definition) is 3. The number of benzene rings is 5. The van der Waals surface area contributed by atoms with Gasteiger partial charge in [-0.15, -0.1) is 23.8 Å². The van der Waals surface area contributed by atoms with Crippen LogP contribution < -0.4 is 4.40 Å². The molecule has 0 atom stereocenters. The molecule has 0 unspecified atom stereocenters. The van der Waals surface area contributed by atoms with Gasteiger partial charge in [-0.25, -0.2) is 0 Å². The zero-order valence-electron chi connectivity index (χ0n) is 34.6. The van der Waals surface area contributed by atoms with E-state index in [1.54, 1.807) is 0 Å². The van der Waals surface area contributed by atoms with Gasteiger partial charge in [0, 0.05) is 30.5 Å². The van der Waals surface area contributed by atoms with E-state index in [1.165, 1.54) is 25.7 Å². The molecule has 0 amide bonds. The summed E-state index contributed by atoms with van der Waals surface area (Å²) in [6, 6.07) is 46.5. The minimum absolute atomic E-state index is 0. The van der Waals surface area contributed by atoms with Crippen molar-refractivity contribution >= 4 is 60.2 Å². The van der Waals surface area contributed by atoms with Gasteiger partial charge in [0.05, 0.1) is 16.9 Å². The molecule has 0 bridgehead atoms. The molecule has 3 aromatic heterocycles. The molecule has 3 nitrogen and oxygen atoms in total. The minimum atomic E-state index is -2.24. The average molecular weight is 967 g/mol. The first-order valence-corrected chi connectivity index (χ1v) is 26.5. The van der Waals surface area contributed by atoms with Crippen LogP contribution in [0.5, 0.6) is 0 Å². The van der Waals surface area contributed by atoms with Crippen LogP contribution in [0.2, 0.25) is 17.3 Å². The van der Waals surface area contributed by atoms with E-state index in [-0.39, 0.29) is 25.5 Å². The van der Waals surface area contributed by atoms with Gasteiger partial charge < -0.3 is 4.57 Å². The van der Waals surface area contributed by atoms with Crippen LogP contribution in [0, 0.1) is 17.5 Å². The van der Waals surface area contributed by atoms with E-state index in [0.717, 1.165) is 49.3 Å². The first-order chi connectivity index (χ1) is 25.9. The maximum atomic E-state index is 8.76. The van der Waals surface area contributed by atoms with E-state index in [9.17, 15) is 0 Å². The standard InChI is InChI=1S/C29H23N2S.C19H26GeN.Ir/c1-29(2,3)20-13-15-21(16-14-20)31-25-10-6-5-9-24(25)30-28(31)19-12-17-23-22-8-4-7-11-26(22)32-27(23)18-19;1-19(2,3)13-16-12-18(15-10-8-7-9-11-15)21-14-17(16)20(4,5)6;/h4-11,13-18H,1-3H3;7-10,12,14H,13H2,1-6H3;/q2*-1;/i;13D2;. The molecule has 3 heterocycles. The summed E-state index contributed by atoms with van der Waals surface area (Å²) < 4.78 is 23.5. The second-order valence-corrected chi connectivity index (χ2v) is 28.5. The second kappa shape index (κ2) is 15.7. The van der Waals surface area contributed by atoms with Gasteiger partial charge in [0.15, 0.2) is 0 Å². The Morgan fingerprint density at radius 1 is 0.759 bits per heavy atom. The van der Waals surface area contributed by atoms with Crippen LogP contribution in [0.15, 0.2) is 121 Å². The summed E-state index contributed by atoms with van der Waals surface area (Å²) in [5, 5.41) is 2.55. The Hall–Kier alpha value is -3.87. The largest absolute Gasteiger partial charge is 0 e. The first-order valence-electron chi connectivity index (χ1n) is 19.3. The van der Waals surface area contributed by atoms with E-state index >= 15 is 0 Å². The molecule has 0 aliphatic rings. The zero-order chi connectivity index (χ0) is 39.3. The van der Waals surface area contributed by atoms with Gasteiger partial charge in [-0.2, -0.15) is 11.3 Å². The summed E-state index contributed by atoms with van der Waals surface area (Å²) in [5.74, 6) is 7.78. The van der Waals surface area contributed by atoms with Gasteiger partial charge in [0.2, 0.25) is 0 Å². The van der Waals surface area contributed by atoms with Crippen molar-refractivity contribution in [3.05, 3.63) is 145 Å². The fraction of sp³-hybridized carbons (Fsp3) is 0.250. The van der Waals surface area contributed by atoms with Gasteiger partial charge >= 0.3 is 135 Å². The fourth-order valence-electron chi connectivity index (χ4n) is 6.63. The van der Waals surface area contributed by atoms with Crippen LogP contribution in [0.3, 0.4) is 0 Å². The fourth-order valence-corrected chi connectivity index (χ4v) is 10.7. The van der Waals surface area contributed by atoms with Crippen molar-refractivity contribution in [2.24, 2.45) is 5.41 Å². The summed E-state index contributed by atoms with van der Waals surface area (Å²) in [6.45, 7) is 12.6. The van der Waals surface area contributed by atoms with Crippen LogP contribution in [0.1, 0.15) is 55.4 Å². The number of thiophene rings is 1. The smallest absolute Gasteiger partial charge is 0 e. The van der Waals surface area contributed by atoms with Crippen LogP contribution in [-0.4, -0.2) is 27.8 Å². The van der Waals surface area contributed by atoms with Crippen molar-refractivity contribution in [1.82, 2.24) is 14.5 Å². The predicted molar refractivity (Wildman–Crippen MR) is 232 cm³/mol. The first kappa shape index (κ1) is 37.1. The second-order valence-electron chi connectivity index (χ2n) is 16.8. The van der Waals surface area contributed by atoms with Crippen molar-refractivity contribution in [2.45, 2.75) is 70.6 Å². The average Bonchev–Trinajstić information content (AvgIpc) is 3.72. The molecule has 0 saturated heterocycles. The van der Waals surface area contributed by atoms with Crippen molar-refractivity contribution in [3.8, 4) is 28.3 Å². The zero-order valence-corrected chi connectivity index (χ0v) is 37.9. The van der Waals surface area contributed by atoms with Gasteiger partial charge in [-0.3, -0.25) is 4.98 Å². The van der Waals surface area contributed by atoms with Gasteiger partial charge in [0.25, 0.3) is 0 Å². The summed E-state index contributed by atoms with van der Waals surface area (Å²) in [5.41, 5.74) is 7.71. The molecular weight excluding hydrogens is 915 g/mol. The molecule has 54 heavy (non-hydrogen) atoms. The molecule has 0 spiro atoms. The Morgan fingerprint density at radius 3 is 2.15 bits per heavy atom. The molecule has 6 heteroatoms. The molecular formula is C48H49GeIrN3S-2. The number of fused-ring (bicyclic) bond motifs is 4. The Balaban J connectivity index is 0.000000198. The van der Waals surface area contributed by atoms with E-state index in [2.05, 4.69) is 139 Å². The third-order valence-corrected chi connectivity index (χ3v) is 14.7. The maximum absolute atomic E-state index is 8.76. The SMILES string of the molecule is CC(C)(C)c1ccc(-n2c(-c3[c-]cc4c(c3)sc3ccccc34)nc3ccccc32)cc1.[2H]C([2H])(c1cc(-c2[c-]cccc2)nc[c]1[Ge]([CH3])([CH3])[CH3])C(C)(C)C.[Ir]. The quantitative estimate of drug-likeness (QED) is 0.127. The summed E-state index contributed by atoms with van der Waals surface area (Å²) in [6.07, 6.45) is 0.502. The number of pyridine rings is 1. The van der Waals surface area contributed by atoms with Crippen LogP contribution in [0.4, 0.5) is 0 Å². The predicted octanol–water partition coefficient (Wildman–Crippen LogP) is 12.8. The minimum Gasteiger partial charge on any atom is 0 e. The molecule has 0 aliphatic carbocycles. The summed E-state index contributed by atoms with van der Waals surface area (Å²) >= 11 is -0.414. The van der Waals surface area contributed by atoms with Crippen molar-refractivity contribution < 1.29 is 22.8 Å².